The molecule has 0 aliphatic heterocycles. The Bertz CT molecular complexity index is 851. The van der Waals surface area contributed by atoms with Gasteiger partial charge in [0.1, 0.15) is 24.8 Å². The SMILES string of the molecule is COCOC1CCCC[C@@]1(OCCOCCO[C@@]1(c2ccccc2)CCCC[C@H]1OCOC)c1ccccc1. The zero-order valence-corrected chi connectivity index (χ0v) is 23.7. The Kier molecular flexibility index (Phi) is 12.2. The maximum absolute atomic E-state index is 6.63. The molecule has 7 nitrogen and oxygen atoms in total. The fourth-order valence-electron chi connectivity index (χ4n) is 6.22. The van der Waals surface area contributed by atoms with Gasteiger partial charge in [0.05, 0.1) is 38.6 Å². The van der Waals surface area contributed by atoms with E-state index in [1.54, 1.807) is 14.2 Å². The van der Waals surface area contributed by atoms with Crippen LogP contribution in [0.25, 0.3) is 0 Å². The lowest BCUT2D eigenvalue weighted by Crippen LogP contribution is -2.47. The average Bonchev–Trinajstić information content (AvgIpc) is 3.00. The second kappa shape index (κ2) is 15.8. The van der Waals surface area contributed by atoms with Gasteiger partial charge < -0.3 is 33.2 Å². The van der Waals surface area contributed by atoms with Crippen LogP contribution < -0.4 is 0 Å². The molecule has 0 heterocycles. The summed E-state index contributed by atoms with van der Waals surface area (Å²) in [5.74, 6) is 0. The number of benzene rings is 2. The van der Waals surface area contributed by atoms with Crippen LogP contribution >= 0.6 is 0 Å². The highest BCUT2D eigenvalue weighted by Gasteiger charge is 2.45. The molecule has 1 unspecified atom stereocenters. The van der Waals surface area contributed by atoms with E-state index in [1.165, 1.54) is 0 Å². The lowest BCUT2D eigenvalue weighted by atomic mass is 9.77. The van der Waals surface area contributed by atoms with Crippen LogP contribution in [-0.2, 0) is 44.4 Å². The van der Waals surface area contributed by atoms with E-state index >= 15 is 0 Å². The molecule has 2 fully saturated rings. The Morgan fingerprint density at radius 2 is 1.03 bits per heavy atom. The van der Waals surface area contributed by atoms with Gasteiger partial charge in [0.2, 0.25) is 0 Å². The third-order valence-corrected chi connectivity index (χ3v) is 8.04. The highest BCUT2D eigenvalue weighted by molar-refractivity contribution is 5.26. The number of rotatable bonds is 16. The van der Waals surface area contributed by atoms with E-state index in [1.807, 2.05) is 12.1 Å². The fourth-order valence-corrected chi connectivity index (χ4v) is 6.22. The van der Waals surface area contributed by atoms with Crippen LogP contribution in [0.2, 0.25) is 0 Å². The van der Waals surface area contributed by atoms with Gasteiger partial charge in [-0.3, -0.25) is 0 Å². The first-order chi connectivity index (χ1) is 19.2. The van der Waals surface area contributed by atoms with Gasteiger partial charge >= 0.3 is 0 Å². The van der Waals surface area contributed by atoms with Crippen molar-refractivity contribution in [2.75, 3.05) is 54.2 Å². The Balaban J connectivity index is 1.33. The van der Waals surface area contributed by atoms with Crippen LogP contribution in [0.4, 0.5) is 0 Å². The van der Waals surface area contributed by atoms with Crippen molar-refractivity contribution in [1.82, 2.24) is 0 Å². The summed E-state index contributed by atoms with van der Waals surface area (Å²) in [6, 6.07) is 20.9. The van der Waals surface area contributed by atoms with Gasteiger partial charge in [-0.15, -0.1) is 0 Å². The summed E-state index contributed by atoms with van der Waals surface area (Å²) in [7, 11) is 3.32. The molecule has 0 aromatic heterocycles. The smallest absolute Gasteiger partial charge is 0.146 e. The monoisotopic (exact) mass is 542 g/mol. The van der Waals surface area contributed by atoms with Crippen LogP contribution in [0.3, 0.4) is 0 Å². The first kappa shape index (κ1) is 30.1. The lowest BCUT2D eigenvalue weighted by Gasteiger charge is -2.44. The maximum Gasteiger partial charge on any atom is 0.146 e. The van der Waals surface area contributed by atoms with Crippen molar-refractivity contribution in [1.29, 1.82) is 0 Å². The van der Waals surface area contributed by atoms with Crippen molar-refractivity contribution in [3.63, 3.8) is 0 Å². The summed E-state index contributed by atoms with van der Waals surface area (Å²) >= 11 is 0. The average molecular weight is 543 g/mol. The van der Waals surface area contributed by atoms with Crippen LogP contribution in [0.5, 0.6) is 0 Å². The maximum atomic E-state index is 6.63. The first-order valence-electron chi connectivity index (χ1n) is 14.4. The first-order valence-corrected chi connectivity index (χ1v) is 14.4. The van der Waals surface area contributed by atoms with Gasteiger partial charge in [0.25, 0.3) is 0 Å². The van der Waals surface area contributed by atoms with E-state index < -0.39 is 11.2 Å². The van der Waals surface area contributed by atoms with Crippen LogP contribution in [0.1, 0.15) is 62.5 Å². The quantitative estimate of drug-likeness (QED) is 0.192. The highest BCUT2D eigenvalue weighted by Crippen LogP contribution is 2.43. The molecule has 216 valence electrons. The van der Waals surface area contributed by atoms with Crippen molar-refractivity contribution in [2.24, 2.45) is 0 Å². The summed E-state index contributed by atoms with van der Waals surface area (Å²) < 4.78 is 42.0. The number of methoxy groups -OCH3 is 2. The van der Waals surface area contributed by atoms with Crippen molar-refractivity contribution < 1.29 is 33.2 Å². The molecule has 39 heavy (non-hydrogen) atoms. The Morgan fingerprint density at radius 1 is 0.590 bits per heavy atom. The molecule has 2 aliphatic carbocycles. The summed E-state index contributed by atoms with van der Waals surface area (Å²) in [6.07, 6.45) is 8.05. The second-order valence-corrected chi connectivity index (χ2v) is 10.4. The molecule has 0 saturated heterocycles. The molecule has 7 heteroatoms. The fraction of sp³-hybridized carbons (Fsp3) is 0.625. The molecule has 0 N–H and O–H groups in total. The molecule has 2 aromatic rings. The number of hydrogen-bond acceptors (Lipinski definition) is 7. The third kappa shape index (κ3) is 7.67. The predicted octanol–water partition coefficient (Wildman–Crippen LogP) is 5.95. The molecule has 0 radical (unpaired) electrons. The standard InChI is InChI=1S/C32H46O7/c1-33-25-36-29-17-9-11-19-31(29,27-13-5-3-6-14-27)38-23-21-35-22-24-39-32(28-15-7-4-8-16-28)20-12-10-18-30(32)37-26-34-2/h3-8,13-16,29-30H,9-12,17-26H2,1-2H3/t29-,30?,31-,32-/m1/s1. The van der Waals surface area contributed by atoms with E-state index in [0.29, 0.717) is 26.4 Å². The third-order valence-electron chi connectivity index (χ3n) is 8.04. The highest BCUT2D eigenvalue weighted by atomic mass is 16.7. The van der Waals surface area contributed by atoms with Crippen molar-refractivity contribution in [3.05, 3.63) is 71.8 Å². The van der Waals surface area contributed by atoms with Gasteiger partial charge in [-0.05, 0) is 36.8 Å². The van der Waals surface area contributed by atoms with Crippen molar-refractivity contribution in [2.45, 2.75) is 74.8 Å². The summed E-state index contributed by atoms with van der Waals surface area (Å²) in [5, 5.41) is 0. The molecule has 0 amide bonds. The van der Waals surface area contributed by atoms with E-state index in [0.717, 1.165) is 62.5 Å². The van der Waals surface area contributed by atoms with E-state index in [-0.39, 0.29) is 25.8 Å². The largest absolute Gasteiger partial charge is 0.377 e. The van der Waals surface area contributed by atoms with E-state index in [2.05, 4.69) is 48.5 Å². The molecule has 2 aromatic carbocycles. The van der Waals surface area contributed by atoms with E-state index in [4.69, 9.17) is 33.2 Å². The zero-order valence-electron chi connectivity index (χ0n) is 23.7. The molecule has 2 saturated carbocycles. The molecule has 4 rings (SSSR count). The lowest BCUT2D eigenvalue weighted by molar-refractivity contribution is -0.210. The predicted molar refractivity (Wildman–Crippen MR) is 149 cm³/mol. The summed E-state index contributed by atoms with van der Waals surface area (Å²) in [6.45, 7) is 2.44. The summed E-state index contributed by atoms with van der Waals surface area (Å²) in [4.78, 5) is 0. The molecular formula is C32H46O7. The summed E-state index contributed by atoms with van der Waals surface area (Å²) in [5.41, 5.74) is 1.31. The van der Waals surface area contributed by atoms with Crippen molar-refractivity contribution >= 4 is 0 Å². The minimum absolute atomic E-state index is 0.0574. The molecule has 0 spiro atoms. The topological polar surface area (TPSA) is 64.6 Å². The Morgan fingerprint density at radius 3 is 1.44 bits per heavy atom. The molecule has 0 bridgehead atoms. The molecular weight excluding hydrogens is 496 g/mol. The second-order valence-electron chi connectivity index (χ2n) is 10.4. The molecule has 2 aliphatic rings. The van der Waals surface area contributed by atoms with Gasteiger partial charge in [-0.1, -0.05) is 86.3 Å². The van der Waals surface area contributed by atoms with E-state index in [9.17, 15) is 0 Å². The number of ether oxygens (including phenoxy) is 7. The Hall–Kier alpha value is -1.84. The van der Waals surface area contributed by atoms with Gasteiger partial charge in [-0.25, -0.2) is 0 Å². The Labute approximate surface area is 234 Å². The normalized spacial score (nSPS) is 27.4. The van der Waals surface area contributed by atoms with Gasteiger partial charge in [0, 0.05) is 14.2 Å². The van der Waals surface area contributed by atoms with Gasteiger partial charge in [-0.2, -0.15) is 0 Å². The van der Waals surface area contributed by atoms with Crippen LogP contribution in [0, 0.1) is 0 Å². The van der Waals surface area contributed by atoms with Crippen LogP contribution in [-0.4, -0.2) is 66.4 Å². The zero-order chi connectivity index (χ0) is 27.2. The minimum Gasteiger partial charge on any atom is -0.377 e. The van der Waals surface area contributed by atoms with Crippen LogP contribution in [0.15, 0.2) is 60.7 Å². The van der Waals surface area contributed by atoms with Crippen molar-refractivity contribution in [3.8, 4) is 0 Å². The van der Waals surface area contributed by atoms with Gasteiger partial charge in [0.15, 0.2) is 0 Å². The molecule has 4 atom stereocenters. The minimum atomic E-state index is -0.497. The number of hydrogen-bond donors (Lipinski definition) is 0.